The van der Waals surface area contributed by atoms with Gasteiger partial charge in [-0.05, 0) is 19.5 Å². The number of allylic oxidation sites excluding steroid dienone is 1. The molecule has 15 heavy (non-hydrogen) atoms. The lowest BCUT2D eigenvalue weighted by molar-refractivity contribution is -0.312. The Labute approximate surface area is 88.3 Å². The third-order valence-corrected chi connectivity index (χ3v) is 5.65. The van der Waals surface area contributed by atoms with Crippen LogP contribution in [0, 0.1) is 0 Å². The molecule has 0 aromatic rings. The molecule has 90 valence electrons. The van der Waals surface area contributed by atoms with Crippen LogP contribution in [0.1, 0.15) is 13.3 Å². The monoisotopic (exact) mass is 255 g/mol. The minimum absolute atomic E-state index is 0.104. The zero-order valence-corrected chi connectivity index (χ0v) is 10.1. The molecular formula is C7H13O6P2-3. The molecule has 0 saturated carbocycles. The van der Waals surface area contributed by atoms with Gasteiger partial charge in [0.25, 0.3) is 0 Å². The Morgan fingerprint density at radius 2 is 1.87 bits per heavy atom. The maximum Gasteiger partial charge on any atom is 0.0639 e. The van der Waals surface area contributed by atoms with Crippen LogP contribution in [0.2, 0.25) is 0 Å². The molecule has 0 saturated heterocycles. The molecule has 0 amide bonds. The third kappa shape index (κ3) is 9.00. The van der Waals surface area contributed by atoms with Crippen LogP contribution >= 0.6 is 15.0 Å². The van der Waals surface area contributed by atoms with E-state index in [-0.39, 0.29) is 19.2 Å². The summed E-state index contributed by atoms with van der Waals surface area (Å²) in [7, 11) is -9.15. The molecule has 0 rings (SSSR count). The van der Waals surface area contributed by atoms with Crippen molar-refractivity contribution in [2.45, 2.75) is 13.3 Å². The summed E-state index contributed by atoms with van der Waals surface area (Å²) in [5.41, 5.74) is 0.599. The molecule has 6 nitrogen and oxygen atoms in total. The Morgan fingerprint density at radius 1 is 1.33 bits per heavy atom. The van der Waals surface area contributed by atoms with Crippen LogP contribution in [-0.2, 0) is 9.13 Å². The smallest absolute Gasteiger partial charge is 0.0639 e. The second-order valence-electron chi connectivity index (χ2n) is 3.29. The van der Waals surface area contributed by atoms with Gasteiger partial charge >= 0.3 is 0 Å². The van der Waals surface area contributed by atoms with Gasteiger partial charge in [-0.3, -0.25) is 0 Å². The van der Waals surface area contributed by atoms with E-state index in [2.05, 4.69) is 0 Å². The second-order valence-corrected chi connectivity index (χ2v) is 7.72. The summed E-state index contributed by atoms with van der Waals surface area (Å²) in [4.78, 5) is 31.6. The topological polar surface area (TPSA) is 124 Å². The number of hydrogen-bond acceptors (Lipinski definition) is 6. The summed E-state index contributed by atoms with van der Waals surface area (Å²) in [6.45, 7) is 1.44. The number of hydrogen-bond donors (Lipinski definition) is 1. The van der Waals surface area contributed by atoms with E-state index < -0.39 is 20.9 Å². The van der Waals surface area contributed by atoms with E-state index >= 15 is 0 Å². The first-order chi connectivity index (χ1) is 6.66. The van der Waals surface area contributed by atoms with Gasteiger partial charge in [0.05, 0.1) is 6.61 Å². The molecule has 0 aromatic heterocycles. The zero-order chi connectivity index (χ0) is 12.1. The van der Waals surface area contributed by atoms with Crippen LogP contribution in [0.15, 0.2) is 11.6 Å². The molecule has 1 atom stereocenters. The second kappa shape index (κ2) is 5.94. The number of aliphatic hydroxyl groups is 1. The minimum Gasteiger partial charge on any atom is -0.810 e. The number of rotatable bonds is 6. The van der Waals surface area contributed by atoms with Crippen molar-refractivity contribution < 1.29 is 28.9 Å². The van der Waals surface area contributed by atoms with Crippen LogP contribution < -0.4 is 14.7 Å². The van der Waals surface area contributed by atoms with Crippen molar-refractivity contribution in [3.05, 3.63) is 11.6 Å². The largest absolute Gasteiger partial charge is 0.810 e. The summed E-state index contributed by atoms with van der Waals surface area (Å²) in [6, 6.07) is 0. The summed E-state index contributed by atoms with van der Waals surface area (Å²) in [6.07, 6.45) is 1.22. The average Bonchev–Trinajstić information content (AvgIpc) is 1.98. The van der Waals surface area contributed by atoms with Crippen molar-refractivity contribution in [3.8, 4) is 0 Å². The van der Waals surface area contributed by atoms with Gasteiger partial charge in [-0.1, -0.05) is 19.2 Å². The third-order valence-electron chi connectivity index (χ3n) is 1.60. The van der Waals surface area contributed by atoms with E-state index in [1.54, 1.807) is 6.92 Å². The van der Waals surface area contributed by atoms with Gasteiger partial charge in [-0.25, -0.2) is 0 Å². The van der Waals surface area contributed by atoms with Crippen molar-refractivity contribution in [3.63, 3.8) is 0 Å². The van der Waals surface area contributed by atoms with E-state index in [9.17, 15) is 23.8 Å². The Bertz CT molecular complexity index is 317. The first-order valence-corrected chi connectivity index (χ1v) is 7.95. The van der Waals surface area contributed by atoms with E-state index in [1.807, 2.05) is 0 Å². The lowest BCUT2D eigenvalue weighted by Crippen LogP contribution is -2.21. The van der Waals surface area contributed by atoms with Crippen LogP contribution in [0.3, 0.4) is 0 Å². The number of aliphatic hydroxyl groups excluding tert-OH is 1. The molecular weight excluding hydrogens is 242 g/mol. The van der Waals surface area contributed by atoms with Gasteiger partial charge in [0.2, 0.25) is 0 Å². The molecule has 0 aromatic carbocycles. The lowest BCUT2D eigenvalue weighted by atomic mass is 10.3. The molecule has 0 bridgehead atoms. The Morgan fingerprint density at radius 3 is 2.27 bits per heavy atom. The first kappa shape index (κ1) is 15.0. The molecule has 0 spiro atoms. The average molecular weight is 255 g/mol. The summed E-state index contributed by atoms with van der Waals surface area (Å²) >= 11 is 0. The molecule has 0 heterocycles. The first-order valence-electron chi connectivity index (χ1n) is 4.23. The van der Waals surface area contributed by atoms with Crippen LogP contribution in [0.5, 0.6) is 0 Å². The summed E-state index contributed by atoms with van der Waals surface area (Å²) in [5, 5.41) is 8.59. The molecule has 1 N–H and O–H groups in total. The van der Waals surface area contributed by atoms with Crippen LogP contribution in [0.25, 0.3) is 0 Å². The molecule has 0 aliphatic heterocycles. The fourth-order valence-corrected chi connectivity index (χ4v) is 4.11. The van der Waals surface area contributed by atoms with Gasteiger partial charge in [-0.2, -0.15) is 0 Å². The highest BCUT2D eigenvalue weighted by atomic mass is 31.2. The molecule has 1 unspecified atom stereocenters. The van der Waals surface area contributed by atoms with E-state index in [4.69, 9.17) is 5.11 Å². The van der Waals surface area contributed by atoms with Crippen molar-refractivity contribution in [1.29, 1.82) is 0 Å². The Balaban J connectivity index is 4.18. The fourth-order valence-electron chi connectivity index (χ4n) is 0.907. The fraction of sp³-hybridized carbons (Fsp3) is 0.714. The van der Waals surface area contributed by atoms with Crippen LogP contribution in [0.4, 0.5) is 0 Å². The highest BCUT2D eigenvalue weighted by molar-refractivity contribution is 7.70. The van der Waals surface area contributed by atoms with Crippen molar-refractivity contribution in [1.82, 2.24) is 0 Å². The minimum atomic E-state index is -5.00. The standard InChI is InChI=1S/C7H16O6P2/c1-7(5-8)3-2-4-14(9,10)6-15(11,12)13/h3,8H,2,4-6H2,1H3,(H,9,10)(H2,11,12,13)/p-3. The molecule has 8 heteroatoms. The molecule has 0 radical (unpaired) electrons. The maximum absolute atomic E-state index is 11.1. The van der Waals surface area contributed by atoms with Gasteiger partial charge in [0.1, 0.15) is 0 Å². The van der Waals surface area contributed by atoms with Crippen molar-refractivity contribution in [2.75, 3.05) is 18.7 Å². The van der Waals surface area contributed by atoms with Crippen LogP contribution in [-0.4, -0.2) is 23.8 Å². The molecule has 0 aliphatic carbocycles. The van der Waals surface area contributed by atoms with Gasteiger partial charge in [-0.15, -0.1) is 0 Å². The predicted molar refractivity (Wildman–Crippen MR) is 50.4 cm³/mol. The quantitative estimate of drug-likeness (QED) is 0.470. The maximum atomic E-state index is 11.1. The normalized spacial score (nSPS) is 17.5. The highest BCUT2D eigenvalue weighted by Gasteiger charge is 2.08. The van der Waals surface area contributed by atoms with Crippen molar-refractivity contribution in [2.24, 2.45) is 0 Å². The lowest BCUT2D eigenvalue weighted by Gasteiger charge is -2.36. The molecule has 0 aliphatic rings. The summed E-state index contributed by atoms with van der Waals surface area (Å²) < 4.78 is 21.3. The van der Waals surface area contributed by atoms with E-state index in [0.29, 0.717) is 5.57 Å². The summed E-state index contributed by atoms with van der Waals surface area (Å²) in [5.74, 6) is -1.31. The van der Waals surface area contributed by atoms with E-state index in [0.717, 1.165) is 0 Å². The predicted octanol–water partition coefficient (Wildman–Crippen LogP) is -1.18. The van der Waals surface area contributed by atoms with Gasteiger partial charge in [0.15, 0.2) is 0 Å². The van der Waals surface area contributed by atoms with E-state index in [1.165, 1.54) is 6.08 Å². The molecule has 0 fully saturated rings. The SMILES string of the molecule is CC(=CCCP(=O)([O-])CP(=O)([O-])[O-])CO. The Hall–Kier alpha value is 0.0400. The van der Waals surface area contributed by atoms with Gasteiger partial charge < -0.3 is 28.9 Å². The van der Waals surface area contributed by atoms with Crippen molar-refractivity contribution >= 4 is 15.0 Å². The zero-order valence-electron chi connectivity index (χ0n) is 8.29. The van der Waals surface area contributed by atoms with Gasteiger partial charge in [0, 0.05) is 13.3 Å². The Kier molecular flexibility index (Phi) is 5.96. The highest BCUT2D eigenvalue weighted by Crippen LogP contribution is 2.47.